The Labute approximate surface area is 122 Å². The van der Waals surface area contributed by atoms with Gasteiger partial charge in [0.2, 0.25) is 0 Å². The van der Waals surface area contributed by atoms with Crippen molar-refractivity contribution >= 4 is 0 Å². The average Bonchev–Trinajstić information content (AvgIpc) is 2.47. The molecule has 4 heteroatoms. The summed E-state index contributed by atoms with van der Waals surface area (Å²) in [5.41, 5.74) is 0. The second kappa shape index (κ2) is 8.12. The summed E-state index contributed by atoms with van der Waals surface area (Å²) in [6.45, 7) is 9.93. The van der Waals surface area contributed by atoms with Crippen molar-refractivity contribution in [1.29, 1.82) is 0 Å². The number of quaternary nitrogens is 2. The number of ether oxygens (including phenoxy) is 2. The summed E-state index contributed by atoms with van der Waals surface area (Å²) in [6, 6.07) is 7.90. The first kappa shape index (κ1) is 15.1. The molecule has 0 unspecified atom stereocenters. The molecule has 1 aromatic rings. The molecular formula is C16H28N2O2+2. The van der Waals surface area contributed by atoms with E-state index < -0.39 is 0 Å². The number of rotatable bonds is 7. The molecule has 0 spiro atoms. The lowest BCUT2D eigenvalue weighted by molar-refractivity contribution is -1.00. The molecule has 1 aromatic carbocycles. The van der Waals surface area contributed by atoms with E-state index in [9.17, 15) is 0 Å². The normalized spacial score (nSPS) is 22.5. The van der Waals surface area contributed by atoms with Gasteiger partial charge in [-0.3, -0.25) is 0 Å². The molecular weight excluding hydrogens is 252 g/mol. The van der Waals surface area contributed by atoms with Crippen molar-refractivity contribution in [2.75, 3.05) is 53.0 Å². The molecule has 0 atom stereocenters. The molecule has 0 amide bonds. The number of hydrogen-bond acceptors (Lipinski definition) is 2. The van der Waals surface area contributed by atoms with Crippen LogP contribution in [0.4, 0.5) is 0 Å². The highest BCUT2D eigenvalue weighted by Crippen LogP contribution is 2.17. The molecule has 0 aliphatic carbocycles. The van der Waals surface area contributed by atoms with E-state index in [1.807, 2.05) is 31.2 Å². The van der Waals surface area contributed by atoms with Gasteiger partial charge in [0.15, 0.2) is 0 Å². The van der Waals surface area contributed by atoms with Crippen molar-refractivity contribution in [3.05, 3.63) is 24.3 Å². The van der Waals surface area contributed by atoms with Crippen molar-refractivity contribution in [2.45, 2.75) is 13.3 Å². The fourth-order valence-corrected chi connectivity index (χ4v) is 2.59. The van der Waals surface area contributed by atoms with Gasteiger partial charge in [0.05, 0.1) is 26.8 Å². The van der Waals surface area contributed by atoms with Gasteiger partial charge in [0.1, 0.15) is 37.7 Å². The third-order valence-electron chi connectivity index (χ3n) is 3.89. The second-order valence-electron chi connectivity index (χ2n) is 5.56. The average molecular weight is 280 g/mol. The third kappa shape index (κ3) is 5.02. The van der Waals surface area contributed by atoms with E-state index >= 15 is 0 Å². The fourth-order valence-electron chi connectivity index (χ4n) is 2.59. The molecule has 0 radical (unpaired) electrons. The zero-order valence-electron chi connectivity index (χ0n) is 12.8. The Morgan fingerprint density at radius 3 is 2.15 bits per heavy atom. The van der Waals surface area contributed by atoms with E-state index in [2.05, 4.69) is 7.05 Å². The minimum absolute atomic E-state index is 0.704. The van der Waals surface area contributed by atoms with E-state index in [4.69, 9.17) is 9.47 Å². The van der Waals surface area contributed by atoms with Crippen LogP contribution in [0.3, 0.4) is 0 Å². The predicted molar refractivity (Wildman–Crippen MR) is 79.9 cm³/mol. The lowest BCUT2D eigenvalue weighted by atomic mass is 10.3. The summed E-state index contributed by atoms with van der Waals surface area (Å²) in [6.07, 6.45) is 1.13. The molecule has 1 aliphatic heterocycles. The lowest BCUT2D eigenvalue weighted by Gasteiger charge is -2.27. The number of benzene rings is 1. The molecule has 2 N–H and O–H groups in total. The maximum Gasteiger partial charge on any atom is 0.127 e. The fraction of sp³-hybridized carbons (Fsp3) is 0.625. The Kier molecular flexibility index (Phi) is 6.15. The maximum atomic E-state index is 5.78. The van der Waals surface area contributed by atoms with Crippen molar-refractivity contribution in [2.24, 2.45) is 0 Å². The van der Waals surface area contributed by atoms with Gasteiger partial charge in [0.25, 0.3) is 0 Å². The Bertz CT molecular complexity index is 373. The van der Waals surface area contributed by atoms with Gasteiger partial charge in [-0.05, 0) is 31.2 Å². The summed E-state index contributed by atoms with van der Waals surface area (Å²) in [7, 11) is 2.28. The van der Waals surface area contributed by atoms with E-state index in [1.54, 1.807) is 9.80 Å². The molecule has 0 aromatic heterocycles. The summed E-state index contributed by atoms with van der Waals surface area (Å²) >= 11 is 0. The van der Waals surface area contributed by atoms with Gasteiger partial charge in [-0.2, -0.15) is 0 Å². The third-order valence-corrected chi connectivity index (χ3v) is 3.89. The summed E-state index contributed by atoms with van der Waals surface area (Å²) in [5, 5.41) is 0. The van der Waals surface area contributed by atoms with Gasteiger partial charge >= 0.3 is 0 Å². The second-order valence-corrected chi connectivity index (χ2v) is 5.56. The van der Waals surface area contributed by atoms with Crippen LogP contribution in [0.15, 0.2) is 24.3 Å². The van der Waals surface area contributed by atoms with E-state index in [1.165, 1.54) is 32.7 Å². The SMILES string of the molecule is CCOc1ccc(OCCC[NH+]2CC[NH+](C)CC2)cc1. The number of likely N-dealkylation sites (N-methyl/N-ethyl adjacent to an activating group) is 1. The molecule has 1 fully saturated rings. The summed E-state index contributed by atoms with van der Waals surface area (Å²) in [5.74, 6) is 1.84. The first-order valence-corrected chi connectivity index (χ1v) is 7.78. The van der Waals surface area contributed by atoms with Crippen LogP contribution in [-0.2, 0) is 0 Å². The van der Waals surface area contributed by atoms with Crippen LogP contribution in [0.1, 0.15) is 13.3 Å². The number of nitrogens with one attached hydrogen (secondary N) is 2. The highest BCUT2D eigenvalue weighted by Gasteiger charge is 2.18. The van der Waals surface area contributed by atoms with Gasteiger partial charge in [-0.15, -0.1) is 0 Å². The minimum atomic E-state index is 0.704. The Morgan fingerprint density at radius 1 is 0.950 bits per heavy atom. The number of piperazine rings is 1. The van der Waals surface area contributed by atoms with Crippen molar-refractivity contribution < 1.29 is 19.3 Å². The van der Waals surface area contributed by atoms with E-state index in [0.717, 1.165) is 24.5 Å². The Morgan fingerprint density at radius 2 is 1.55 bits per heavy atom. The molecule has 2 rings (SSSR count). The van der Waals surface area contributed by atoms with E-state index in [0.29, 0.717) is 6.61 Å². The van der Waals surface area contributed by atoms with Gasteiger partial charge in [-0.1, -0.05) is 0 Å². The quantitative estimate of drug-likeness (QED) is 0.644. The highest BCUT2D eigenvalue weighted by molar-refractivity contribution is 5.31. The minimum Gasteiger partial charge on any atom is -0.494 e. The van der Waals surface area contributed by atoms with Crippen LogP contribution < -0.4 is 19.3 Å². The zero-order chi connectivity index (χ0) is 14.2. The summed E-state index contributed by atoms with van der Waals surface area (Å²) < 4.78 is 11.2. The molecule has 4 nitrogen and oxygen atoms in total. The van der Waals surface area contributed by atoms with Gasteiger partial charge in [0, 0.05) is 6.42 Å². The molecule has 1 saturated heterocycles. The largest absolute Gasteiger partial charge is 0.494 e. The molecule has 0 saturated carbocycles. The van der Waals surface area contributed by atoms with Crippen LogP contribution >= 0.6 is 0 Å². The topological polar surface area (TPSA) is 27.3 Å². The van der Waals surface area contributed by atoms with Crippen molar-refractivity contribution in [3.63, 3.8) is 0 Å². The number of hydrogen-bond donors (Lipinski definition) is 2. The van der Waals surface area contributed by atoms with Crippen molar-refractivity contribution in [1.82, 2.24) is 0 Å². The van der Waals surface area contributed by atoms with E-state index in [-0.39, 0.29) is 0 Å². The first-order valence-electron chi connectivity index (χ1n) is 7.78. The first-order chi connectivity index (χ1) is 9.78. The van der Waals surface area contributed by atoms with Gasteiger partial charge < -0.3 is 19.3 Å². The Hall–Kier alpha value is -1.26. The van der Waals surface area contributed by atoms with Gasteiger partial charge in [-0.25, -0.2) is 0 Å². The van der Waals surface area contributed by atoms with Crippen LogP contribution in [0.25, 0.3) is 0 Å². The zero-order valence-corrected chi connectivity index (χ0v) is 12.8. The summed E-state index contributed by atoms with van der Waals surface area (Å²) in [4.78, 5) is 3.39. The molecule has 112 valence electrons. The lowest BCUT2D eigenvalue weighted by Crippen LogP contribution is -3.27. The highest BCUT2D eigenvalue weighted by atomic mass is 16.5. The van der Waals surface area contributed by atoms with Crippen LogP contribution in [-0.4, -0.2) is 53.0 Å². The standard InChI is InChI=1S/C16H26N2O2/c1-3-19-15-5-7-16(8-6-15)20-14-4-9-18-12-10-17(2)11-13-18/h5-8H,3-4,9-14H2,1-2H3/p+2. The maximum absolute atomic E-state index is 5.78. The van der Waals surface area contributed by atoms with Crippen LogP contribution in [0, 0.1) is 0 Å². The predicted octanol–water partition coefficient (Wildman–Crippen LogP) is -0.733. The monoisotopic (exact) mass is 280 g/mol. The van der Waals surface area contributed by atoms with Crippen LogP contribution in [0.5, 0.6) is 11.5 Å². The molecule has 20 heavy (non-hydrogen) atoms. The molecule has 0 bridgehead atoms. The molecule has 1 aliphatic rings. The van der Waals surface area contributed by atoms with Crippen molar-refractivity contribution in [3.8, 4) is 11.5 Å². The smallest absolute Gasteiger partial charge is 0.127 e. The Balaban J connectivity index is 1.60. The van der Waals surface area contributed by atoms with Crippen LogP contribution in [0.2, 0.25) is 0 Å². The molecule has 1 heterocycles.